The van der Waals surface area contributed by atoms with Gasteiger partial charge in [-0.3, -0.25) is 9.69 Å². The largest absolute Gasteiger partial charge is 0.468 e. The number of halogens is 2. The van der Waals surface area contributed by atoms with Crippen molar-refractivity contribution in [3.63, 3.8) is 0 Å². The van der Waals surface area contributed by atoms with E-state index in [1.54, 1.807) is 12.1 Å². The van der Waals surface area contributed by atoms with Crippen molar-refractivity contribution in [2.75, 3.05) is 13.7 Å². The number of rotatable bonds is 3. The smallest absolute Gasteiger partial charge is 0.323 e. The predicted molar refractivity (Wildman–Crippen MR) is 71.5 cm³/mol. The van der Waals surface area contributed by atoms with E-state index in [0.29, 0.717) is 12.1 Å². The summed E-state index contributed by atoms with van der Waals surface area (Å²) in [5.74, 6) is -0.652. The van der Waals surface area contributed by atoms with Crippen LogP contribution in [0.2, 0.25) is 5.02 Å². The third kappa shape index (κ3) is 3.25. The summed E-state index contributed by atoms with van der Waals surface area (Å²) in [6, 6.07) is 4.66. The zero-order valence-electron chi connectivity index (χ0n) is 10.9. The summed E-state index contributed by atoms with van der Waals surface area (Å²) in [5, 5.41) is 0.115. The molecule has 1 aliphatic heterocycles. The van der Waals surface area contributed by atoms with E-state index >= 15 is 0 Å². The number of piperidine rings is 1. The Bertz CT molecular complexity index is 467. The van der Waals surface area contributed by atoms with E-state index in [-0.39, 0.29) is 17.0 Å². The molecule has 1 atom stereocenters. The van der Waals surface area contributed by atoms with Gasteiger partial charge in [0.1, 0.15) is 11.9 Å². The molecule has 19 heavy (non-hydrogen) atoms. The number of likely N-dealkylation sites (tertiary alicyclic amines) is 1. The molecule has 0 amide bonds. The molecule has 0 unspecified atom stereocenters. The molecule has 2 rings (SSSR count). The van der Waals surface area contributed by atoms with E-state index in [9.17, 15) is 9.18 Å². The summed E-state index contributed by atoms with van der Waals surface area (Å²) in [5.41, 5.74) is 0.517. The zero-order chi connectivity index (χ0) is 13.8. The molecular weight excluding hydrogens is 269 g/mol. The fraction of sp³-hybridized carbons (Fsp3) is 0.500. The minimum absolute atomic E-state index is 0.115. The van der Waals surface area contributed by atoms with Crippen molar-refractivity contribution in [1.82, 2.24) is 4.90 Å². The van der Waals surface area contributed by atoms with Crippen LogP contribution in [0, 0.1) is 5.82 Å². The van der Waals surface area contributed by atoms with Crippen molar-refractivity contribution < 1.29 is 13.9 Å². The van der Waals surface area contributed by atoms with Crippen molar-refractivity contribution in [2.24, 2.45) is 0 Å². The normalized spacial score (nSPS) is 20.3. The number of hydrogen-bond acceptors (Lipinski definition) is 3. The Morgan fingerprint density at radius 2 is 2.32 bits per heavy atom. The molecule has 0 spiro atoms. The second kappa shape index (κ2) is 6.35. The van der Waals surface area contributed by atoms with Gasteiger partial charge in [0.2, 0.25) is 0 Å². The minimum atomic E-state index is -0.404. The van der Waals surface area contributed by atoms with Gasteiger partial charge in [0, 0.05) is 12.1 Å². The van der Waals surface area contributed by atoms with Crippen molar-refractivity contribution in [2.45, 2.75) is 31.8 Å². The van der Waals surface area contributed by atoms with Gasteiger partial charge < -0.3 is 4.74 Å². The summed E-state index contributed by atoms with van der Waals surface area (Å²) >= 11 is 5.77. The van der Waals surface area contributed by atoms with Crippen molar-refractivity contribution >= 4 is 17.6 Å². The van der Waals surface area contributed by atoms with Gasteiger partial charge in [0.25, 0.3) is 0 Å². The number of benzene rings is 1. The Hall–Kier alpha value is -1.13. The molecule has 1 aliphatic rings. The number of ether oxygens (including phenoxy) is 1. The second-order valence-electron chi connectivity index (χ2n) is 4.72. The van der Waals surface area contributed by atoms with Gasteiger partial charge in [-0.1, -0.05) is 30.2 Å². The number of carbonyl (C=O) groups is 1. The SMILES string of the molecule is COC(=O)[C@H]1CCCCN1Cc1cccc(Cl)c1F. The van der Waals surface area contributed by atoms with Gasteiger partial charge in [-0.2, -0.15) is 0 Å². The quantitative estimate of drug-likeness (QED) is 0.800. The van der Waals surface area contributed by atoms with Gasteiger partial charge in [-0.15, -0.1) is 0 Å². The number of methoxy groups -OCH3 is 1. The van der Waals surface area contributed by atoms with Gasteiger partial charge >= 0.3 is 5.97 Å². The lowest BCUT2D eigenvalue weighted by Crippen LogP contribution is -2.44. The molecule has 5 heteroatoms. The molecule has 1 aromatic carbocycles. The molecular formula is C14H17ClFNO2. The van der Waals surface area contributed by atoms with E-state index in [1.165, 1.54) is 13.2 Å². The van der Waals surface area contributed by atoms with Crippen molar-refractivity contribution in [3.8, 4) is 0 Å². The molecule has 1 fully saturated rings. The Kier molecular flexibility index (Phi) is 4.77. The van der Waals surface area contributed by atoms with E-state index in [1.807, 2.05) is 4.90 Å². The van der Waals surface area contributed by atoms with E-state index in [4.69, 9.17) is 16.3 Å². The molecule has 1 aromatic rings. The number of carbonyl (C=O) groups excluding carboxylic acids is 1. The zero-order valence-corrected chi connectivity index (χ0v) is 11.6. The van der Waals surface area contributed by atoms with Crippen LogP contribution in [-0.4, -0.2) is 30.6 Å². The van der Waals surface area contributed by atoms with Crippen LogP contribution in [-0.2, 0) is 16.1 Å². The van der Waals surface area contributed by atoms with E-state index in [2.05, 4.69) is 0 Å². The molecule has 0 aromatic heterocycles. The van der Waals surface area contributed by atoms with E-state index in [0.717, 1.165) is 25.8 Å². The van der Waals surface area contributed by atoms with Crippen LogP contribution in [0.15, 0.2) is 18.2 Å². The Balaban J connectivity index is 2.15. The van der Waals surface area contributed by atoms with Crippen LogP contribution < -0.4 is 0 Å². The molecule has 104 valence electrons. The van der Waals surface area contributed by atoms with Crippen molar-refractivity contribution in [3.05, 3.63) is 34.6 Å². The Morgan fingerprint density at radius 1 is 1.53 bits per heavy atom. The lowest BCUT2D eigenvalue weighted by Gasteiger charge is -2.33. The lowest BCUT2D eigenvalue weighted by molar-refractivity contribution is -0.148. The predicted octanol–water partition coefficient (Wildman–Crippen LogP) is 3.01. The summed E-state index contributed by atoms with van der Waals surface area (Å²) in [4.78, 5) is 13.7. The fourth-order valence-corrected chi connectivity index (χ4v) is 2.67. The Labute approximate surface area is 117 Å². The van der Waals surface area contributed by atoms with Gasteiger partial charge in [0.05, 0.1) is 12.1 Å². The number of nitrogens with zero attached hydrogens (tertiary/aromatic N) is 1. The fourth-order valence-electron chi connectivity index (χ4n) is 2.47. The topological polar surface area (TPSA) is 29.5 Å². The first-order valence-corrected chi connectivity index (χ1v) is 6.76. The molecule has 0 saturated carbocycles. The minimum Gasteiger partial charge on any atom is -0.468 e. The van der Waals surface area contributed by atoms with Gasteiger partial charge in [-0.25, -0.2) is 4.39 Å². The van der Waals surface area contributed by atoms with E-state index < -0.39 is 5.82 Å². The number of esters is 1. The monoisotopic (exact) mass is 285 g/mol. The highest BCUT2D eigenvalue weighted by atomic mass is 35.5. The Morgan fingerprint density at radius 3 is 3.05 bits per heavy atom. The first kappa shape index (κ1) is 14.3. The molecule has 0 radical (unpaired) electrons. The molecule has 1 saturated heterocycles. The summed E-state index contributed by atoms with van der Waals surface area (Å²) in [7, 11) is 1.38. The first-order valence-electron chi connectivity index (χ1n) is 6.38. The molecule has 0 bridgehead atoms. The summed E-state index contributed by atoms with van der Waals surface area (Å²) < 4.78 is 18.7. The highest BCUT2D eigenvalue weighted by Gasteiger charge is 2.29. The van der Waals surface area contributed by atoms with Crippen molar-refractivity contribution in [1.29, 1.82) is 0 Å². The molecule has 0 N–H and O–H groups in total. The third-order valence-corrected chi connectivity index (χ3v) is 3.78. The van der Waals surface area contributed by atoms with Crippen LogP contribution in [0.25, 0.3) is 0 Å². The van der Waals surface area contributed by atoms with Gasteiger partial charge in [-0.05, 0) is 25.5 Å². The maximum Gasteiger partial charge on any atom is 0.323 e. The highest BCUT2D eigenvalue weighted by Crippen LogP contribution is 2.24. The molecule has 3 nitrogen and oxygen atoms in total. The third-order valence-electron chi connectivity index (χ3n) is 3.49. The van der Waals surface area contributed by atoms with Crippen LogP contribution >= 0.6 is 11.6 Å². The van der Waals surface area contributed by atoms with Crippen LogP contribution in [0.1, 0.15) is 24.8 Å². The highest BCUT2D eigenvalue weighted by molar-refractivity contribution is 6.30. The van der Waals surface area contributed by atoms with Crippen LogP contribution in [0.5, 0.6) is 0 Å². The van der Waals surface area contributed by atoms with Crippen LogP contribution in [0.4, 0.5) is 4.39 Å². The lowest BCUT2D eigenvalue weighted by atomic mass is 10.0. The maximum absolute atomic E-state index is 13.9. The average Bonchev–Trinajstić information content (AvgIpc) is 2.43. The summed E-state index contributed by atoms with van der Waals surface area (Å²) in [6.45, 7) is 1.15. The average molecular weight is 286 g/mol. The maximum atomic E-state index is 13.9. The van der Waals surface area contributed by atoms with Crippen LogP contribution in [0.3, 0.4) is 0 Å². The second-order valence-corrected chi connectivity index (χ2v) is 5.13. The molecule has 0 aliphatic carbocycles. The summed E-state index contributed by atoms with van der Waals surface area (Å²) in [6.07, 6.45) is 2.76. The molecule has 1 heterocycles. The number of hydrogen-bond donors (Lipinski definition) is 0. The first-order chi connectivity index (χ1) is 9.13. The van der Waals surface area contributed by atoms with Gasteiger partial charge in [0.15, 0.2) is 0 Å². The standard InChI is InChI=1S/C14H17ClFNO2/c1-19-14(18)12-7-2-3-8-17(12)9-10-5-4-6-11(15)13(10)16/h4-6,12H,2-3,7-9H2,1H3/t12-/m1/s1.